The zero-order chi connectivity index (χ0) is 46.1. The van der Waals surface area contributed by atoms with Gasteiger partial charge in [0.15, 0.2) is 0 Å². The highest BCUT2D eigenvalue weighted by Gasteiger charge is 2.35. The van der Waals surface area contributed by atoms with Gasteiger partial charge in [-0.05, 0) is 134 Å². The summed E-state index contributed by atoms with van der Waals surface area (Å²) in [7, 11) is 0. The molecule has 328 valence electrons. The minimum Gasteiger partial charge on any atom is -0.368 e. The Bertz CT molecular complexity index is 3930. The van der Waals surface area contributed by atoms with Crippen molar-refractivity contribution in [1.29, 1.82) is 0 Å². The smallest absolute Gasteiger partial charge is 0.137 e. The molecule has 0 saturated carbocycles. The van der Waals surface area contributed by atoms with Gasteiger partial charge in [-0.1, -0.05) is 184 Å². The molecule has 4 heterocycles. The van der Waals surface area contributed by atoms with Crippen LogP contribution in [0.4, 0.5) is 0 Å². The zero-order valence-corrected chi connectivity index (χ0v) is 38.5. The number of hydrogen-bond donors (Lipinski definition) is 1. The lowest BCUT2D eigenvalue weighted by Gasteiger charge is -2.22. The second-order valence-corrected chi connectivity index (χ2v) is 18.9. The molecule has 1 aliphatic carbocycles. The molecule has 4 nitrogen and oxygen atoms in total. The molecule has 1 atom stereocenters. The molecule has 0 bridgehead atoms. The summed E-state index contributed by atoms with van der Waals surface area (Å²) in [5.74, 6) is 0.926. The molecule has 2 aliphatic rings. The Morgan fingerprint density at radius 3 is 1.54 bits per heavy atom. The number of allylic oxidation sites excluding steroid dienone is 2. The Hall–Kier alpha value is -8.73. The van der Waals surface area contributed by atoms with E-state index in [2.05, 4.69) is 246 Å². The summed E-state index contributed by atoms with van der Waals surface area (Å²) >= 11 is 0. The molecule has 1 unspecified atom stereocenters. The van der Waals surface area contributed by atoms with Crippen LogP contribution in [-0.2, 0) is 5.41 Å². The van der Waals surface area contributed by atoms with Crippen molar-refractivity contribution in [3.63, 3.8) is 0 Å². The molecule has 0 amide bonds. The standard InChI is InChI=1S/C65H48N4/c1-65(2)57-39-45(19-17-43-21-27-47(28-22-43)49-31-35-61-55(41-49)53-11-3-5-13-59(53)68(61)63-15-7-9-37-66-63)25-33-51(57)52-34-26-46(40-58(52)65)20-18-44-23-29-48(30-24-44)50-32-36-62-56(42-50)54-12-4-6-14-60(54)69(62)64-16-8-10-38-67-64/h3-42,63,66H,1-2H3/b19-17+,20-18+. The molecule has 8 aromatic carbocycles. The van der Waals surface area contributed by atoms with Crippen molar-refractivity contribution in [2.75, 3.05) is 0 Å². The topological polar surface area (TPSA) is 34.8 Å². The van der Waals surface area contributed by atoms with E-state index in [-0.39, 0.29) is 11.6 Å². The van der Waals surface area contributed by atoms with E-state index in [0.717, 1.165) is 16.9 Å². The summed E-state index contributed by atoms with van der Waals surface area (Å²) in [6, 6.07) is 68.7. The van der Waals surface area contributed by atoms with E-state index in [0.29, 0.717) is 0 Å². The van der Waals surface area contributed by atoms with Crippen LogP contribution in [-0.4, -0.2) is 14.1 Å². The summed E-state index contributed by atoms with van der Waals surface area (Å²) in [6.45, 7) is 4.72. The molecule has 1 N–H and O–H groups in total. The monoisotopic (exact) mass is 884 g/mol. The van der Waals surface area contributed by atoms with Crippen LogP contribution >= 0.6 is 0 Å². The first-order valence-corrected chi connectivity index (χ1v) is 23.9. The van der Waals surface area contributed by atoms with Gasteiger partial charge in [-0.15, -0.1) is 0 Å². The van der Waals surface area contributed by atoms with Crippen LogP contribution in [0.3, 0.4) is 0 Å². The van der Waals surface area contributed by atoms with E-state index in [1.165, 1.54) is 99.3 Å². The predicted octanol–water partition coefficient (Wildman–Crippen LogP) is 16.4. The average molecular weight is 885 g/mol. The van der Waals surface area contributed by atoms with Gasteiger partial charge < -0.3 is 9.88 Å². The molecule has 0 saturated heterocycles. The van der Waals surface area contributed by atoms with Gasteiger partial charge in [-0.25, -0.2) is 4.98 Å². The molecule has 0 spiro atoms. The van der Waals surface area contributed by atoms with Gasteiger partial charge in [0.25, 0.3) is 0 Å². The maximum Gasteiger partial charge on any atom is 0.137 e. The normalized spacial score (nSPS) is 15.0. The minimum absolute atomic E-state index is 0.0775. The number of nitrogens with one attached hydrogen (secondary N) is 1. The van der Waals surface area contributed by atoms with Crippen LogP contribution in [0.1, 0.15) is 53.4 Å². The summed E-state index contributed by atoms with van der Waals surface area (Å²) < 4.78 is 4.65. The number of para-hydroxylation sites is 2. The Kier molecular flexibility index (Phi) is 9.55. The summed E-state index contributed by atoms with van der Waals surface area (Å²) in [5, 5.41) is 8.50. The number of hydrogen-bond acceptors (Lipinski definition) is 2. The van der Waals surface area contributed by atoms with Crippen LogP contribution in [0, 0.1) is 0 Å². The number of fused-ring (bicyclic) bond motifs is 9. The largest absolute Gasteiger partial charge is 0.368 e. The SMILES string of the molecule is CC1(C)c2cc(/C=C/c3ccc(-c4ccc5c(c4)c4ccccc4n5-c4ccccn4)cc3)ccc2-c2ccc(/C=C/c3ccc(-c4ccc5c(c4)c4ccccc4n5C4C=CC=CN4)cc3)cc21. The number of nitrogens with zero attached hydrogens (tertiary/aromatic N) is 3. The first-order valence-electron chi connectivity index (χ1n) is 23.9. The second-order valence-electron chi connectivity index (χ2n) is 18.9. The van der Waals surface area contributed by atoms with Crippen molar-refractivity contribution in [1.82, 2.24) is 19.4 Å². The zero-order valence-electron chi connectivity index (χ0n) is 38.5. The first kappa shape index (κ1) is 40.5. The minimum atomic E-state index is -0.124. The van der Waals surface area contributed by atoms with Gasteiger partial charge in [-0.2, -0.15) is 0 Å². The highest BCUT2D eigenvalue weighted by molar-refractivity contribution is 6.11. The van der Waals surface area contributed by atoms with E-state index in [1.54, 1.807) is 0 Å². The number of benzene rings is 8. The average Bonchev–Trinajstić information content (AvgIpc) is 4.00. The Labute approximate surface area is 402 Å². The Morgan fingerprint density at radius 1 is 0.449 bits per heavy atom. The fourth-order valence-corrected chi connectivity index (χ4v) is 10.9. The van der Waals surface area contributed by atoms with Crippen LogP contribution in [0.25, 0.3) is 107 Å². The Morgan fingerprint density at radius 2 is 0.942 bits per heavy atom. The summed E-state index contributed by atoms with van der Waals surface area (Å²) in [4.78, 5) is 4.68. The molecule has 4 heteroatoms. The lowest BCUT2D eigenvalue weighted by Crippen LogP contribution is -2.21. The summed E-state index contributed by atoms with van der Waals surface area (Å²) in [5.41, 5.74) is 19.6. The molecule has 69 heavy (non-hydrogen) atoms. The number of aromatic nitrogens is 3. The van der Waals surface area contributed by atoms with E-state index < -0.39 is 0 Å². The number of dihydropyridines is 1. The van der Waals surface area contributed by atoms with Crippen LogP contribution in [0.15, 0.2) is 219 Å². The highest BCUT2D eigenvalue weighted by Crippen LogP contribution is 2.49. The quantitative estimate of drug-likeness (QED) is 0.154. The fraction of sp³-hybridized carbons (Fsp3) is 0.0615. The maximum atomic E-state index is 4.68. The molecular weight excluding hydrogens is 837 g/mol. The van der Waals surface area contributed by atoms with E-state index in [1.807, 2.05) is 30.6 Å². The lowest BCUT2D eigenvalue weighted by atomic mass is 9.81. The summed E-state index contributed by atoms with van der Waals surface area (Å²) in [6.07, 6.45) is 19.3. The van der Waals surface area contributed by atoms with Gasteiger partial charge in [-0.3, -0.25) is 4.57 Å². The maximum absolute atomic E-state index is 4.68. The lowest BCUT2D eigenvalue weighted by molar-refractivity contribution is 0.578. The van der Waals surface area contributed by atoms with Crippen molar-refractivity contribution in [3.8, 4) is 39.2 Å². The second kappa shape index (κ2) is 16.3. The van der Waals surface area contributed by atoms with Crippen LogP contribution in [0.2, 0.25) is 0 Å². The van der Waals surface area contributed by atoms with E-state index >= 15 is 0 Å². The molecule has 3 aromatic heterocycles. The van der Waals surface area contributed by atoms with Crippen molar-refractivity contribution >= 4 is 67.9 Å². The third kappa shape index (κ3) is 6.95. The number of pyridine rings is 1. The molecule has 0 radical (unpaired) electrons. The van der Waals surface area contributed by atoms with Gasteiger partial charge in [0.2, 0.25) is 0 Å². The molecule has 0 fully saturated rings. The van der Waals surface area contributed by atoms with Crippen LogP contribution < -0.4 is 5.32 Å². The predicted molar refractivity (Wildman–Crippen MR) is 291 cm³/mol. The number of rotatable bonds is 8. The van der Waals surface area contributed by atoms with Crippen molar-refractivity contribution < 1.29 is 0 Å². The van der Waals surface area contributed by atoms with Gasteiger partial charge in [0, 0.05) is 33.2 Å². The first-order chi connectivity index (χ1) is 33.9. The van der Waals surface area contributed by atoms with Crippen LogP contribution in [0.5, 0.6) is 0 Å². The third-order valence-corrected chi connectivity index (χ3v) is 14.5. The fourth-order valence-electron chi connectivity index (χ4n) is 10.9. The highest BCUT2D eigenvalue weighted by atomic mass is 15.2. The van der Waals surface area contributed by atoms with Crippen molar-refractivity contribution in [2.45, 2.75) is 25.4 Å². The molecular formula is C65H48N4. The van der Waals surface area contributed by atoms with Crippen molar-refractivity contribution in [2.24, 2.45) is 0 Å². The molecule has 1 aliphatic heterocycles. The van der Waals surface area contributed by atoms with Crippen molar-refractivity contribution in [3.05, 3.63) is 252 Å². The molecule has 11 aromatic rings. The van der Waals surface area contributed by atoms with Gasteiger partial charge in [0.05, 0.1) is 22.1 Å². The van der Waals surface area contributed by atoms with Gasteiger partial charge in [0.1, 0.15) is 12.0 Å². The Balaban J connectivity index is 0.709. The molecule has 13 rings (SSSR count). The third-order valence-electron chi connectivity index (χ3n) is 14.5. The van der Waals surface area contributed by atoms with Gasteiger partial charge >= 0.3 is 0 Å². The van der Waals surface area contributed by atoms with E-state index in [9.17, 15) is 0 Å². The van der Waals surface area contributed by atoms with E-state index in [4.69, 9.17) is 0 Å².